The molecule has 4 rings (SSSR count). The molecule has 0 amide bonds. The summed E-state index contributed by atoms with van der Waals surface area (Å²) in [5.41, 5.74) is 0.524. The van der Waals surface area contributed by atoms with Gasteiger partial charge in [-0.2, -0.15) is 5.09 Å². The molecule has 1 saturated heterocycles. The Labute approximate surface area is 260 Å². The second kappa shape index (κ2) is 13.6. The van der Waals surface area contributed by atoms with E-state index in [4.69, 9.17) is 30.1 Å². The molecule has 6 atom stereocenters. The highest BCUT2D eigenvalue weighted by molar-refractivity contribution is 7.92. The average molecular weight is 675 g/mol. The first-order valence-electron chi connectivity index (χ1n) is 13.8. The summed E-state index contributed by atoms with van der Waals surface area (Å²) >= 11 is 5.96. The molecule has 18 heteroatoms. The maximum absolute atomic E-state index is 13.9. The molecular formula is C26H36ClN6O9PS. The predicted octanol–water partition coefficient (Wildman–Crippen LogP) is 3.29. The van der Waals surface area contributed by atoms with Gasteiger partial charge in [0.15, 0.2) is 17.0 Å². The van der Waals surface area contributed by atoms with Crippen LogP contribution in [0.25, 0.3) is 11.2 Å². The van der Waals surface area contributed by atoms with Crippen molar-refractivity contribution in [3.8, 4) is 5.75 Å². The molecule has 44 heavy (non-hydrogen) atoms. The van der Waals surface area contributed by atoms with Gasteiger partial charge >= 0.3 is 13.7 Å². The van der Waals surface area contributed by atoms with Gasteiger partial charge in [-0.1, -0.05) is 18.5 Å². The molecule has 0 aliphatic carbocycles. The molecule has 1 fully saturated rings. The van der Waals surface area contributed by atoms with E-state index in [0.717, 1.165) is 10.6 Å². The van der Waals surface area contributed by atoms with Gasteiger partial charge in [-0.3, -0.25) is 18.2 Å². The number of nitrogens with one attached hydrogen (secondary N) is 1. The maximum atomic E-state index is 13.9. The van der Waals surface area contributed by atoms with Crippen molar-refractivity contribution in [1.29, 1.82) is 0 Å². The van der Waals surface area contributed by atoms with Crippen molar-refractivity contribution in [2.75, 3.05) is 23.7 Å². The van der Waals surface area contributed by atoms with Crippen molar-refractivity contribution in [2.45, 2.75) is 65.2 Å². The predicted molar refractivity (Wildman–Crippen MR) is 162 cm³/mol. The summed E-state index contributed by atoms with van der Waals surface area (Å²) in [6.45, 7) is 7.97. The Balaban J connectivity index is 1.56. The number of fused-ring (bicyclic) bond motifs is 1. The molecule has 15 nitrogen and oxygen atoms in total. The number of nitrogens with zero attached hydrogens (tertiary/aromatic N) is 5. The minimum atomic E-state index is -4.25. The second-order valence-electron chi connectivity index (χ2n) is 10.5. The second-order valence-corrected chi connectivity index (χ2v) is 14.6. The van der Waals surface area contributed by atoms with E-state index in [1.54, 1.807) is 32.3 Å². The van der Waals surface area contributed by atoms with Crippen molar-refractivity contribution in [3.05, 3.63) is 41.9 Å². The molecule has 242 valence electrons. The molecule has 0 spiro atoms. The molecular weight excluding hydrogens is 639 g/mol. The third kappa shape index (κ3) is 7.68. The van der Waals surface area contributed by atoms with Crippen LogP contribution in [0, 0.1) is 5.92 Å². The zero-order chi connectivity index (χ0) is 32.4. The fourth-order valence-electron chi connectivity index (χ4n) is 4.62. The number of aliphatic hydroxyl groups excluding tert-OH is 1. The fraction of sp³-hybridized carbons (Fsp3) is 0.538. The molecule has 0 bridgehead atoms. The van der Waals surface area contributed by atoms with Crippen LogP contribution in [0.5, 0.6) is 5.75 Å². The summed E-state index contributed by atoms with van der Waals surface area (Å²) in [6, 6.07) is 4.97. The van der Waals surface area contributed by atoms with Crippen molar-refractivity contribution in [2.24, 2.45) is 5.92 Å². The van der Waals surface area contributed by atoms with Crippen molar-refractivity contribution < 1.29 is 41.4 Å². The van der Waals surface area contributed by atoms with Crippen molar-refractivity contribution in [1.82, 2.24) is 24.6 Å². The topological polar surface area (TPSA) is 184 Å². The van der Waals surface area contributed by atoms with Crippen LogP contribution in [0.4, 0.5) is 5.82 Å². The number of carbonyl (C=O) groups is 1. The lowest BCUT2D eigenvalue weighted by Crippen LogP contribution is -2.37. The number of aromatic nitrogens is 4. The molecule has 3 heterocycles. The Kier molecular flexibility index (Phi) is 10.6. The number of esters is 1. The first-order valence-corrected chi connectivity index (χ1v) is 17.6. The Bertz CT molecular complexity index is 1620. The molecule has 2 N–H and O–H groups in total. The van der Waals surface area contributed by atoms with Crippen LogP contribution in [0.1, 0.15) is 40.8 Å². The molecule has 2 aromatic heterocycles. The van der Waals surface area contributed by atoms with E-state index >= 15 is 0 Å². The maximum Gasteiger partial charge on any atom is 0.459 e. The number of halogens is 1. The quantitative estimate of drug-likeness (QED) is 0.199. The molecule has 5 unspecified atom stereocenters. The van der Waals surface area contributed by atoms with Crippen molar-refractivity contribution in [3.63, 3.8) is 0 Å². The molecule has 0 saturated carbocycles. The number of carbonyl (C=O) groups excluding carboxylic acids is 1. The van der Waals surface area contributed by atoms with Crippen LogP contribution in [-0.2, 0) is 33.4 Å². The normalized spacial score (nSPS) is 22.6. The number of hydrogen-bond donors (Lipinski definition) is 2. The fourth-order valence-corrected chi connectivity index (χ4v) is 7.16. The first kappa shape index (κ1) is 34.0. The third-order valence-corrected chi connectivity index (χ3v) is 9.85. The van der Waals surface area contributed by atoms with E-state index in [2.05, 4.69) is 20.0 Å². The monoisotopic (exact) mass is 674 g/mol. The third-order valence-electron chi connectivity index (χ3n) is 6.73. The zero-order valence-electron chi connectivity index (χ0n) is 25.0. The Hall–Kier alpha value is -2.85. The van der Waals surface area contributed by atoms with E-state index in [1.807, 2.05) is 0 Å². The molecule has 1 aliphatic heterocycles. The van der Waals surface area contributed by atoms with E-state index in [0.29, 0.717) is 10.7 Å². The highest BCUT2D eigenvalue weighted by Gasteiger charge is 2.44. The Morgan fingerprint density at radius 2 is 1.91 bits per heavy atom. The molecule has 3 aromatic rings. The Morgan fingerprint density at radius 3 is 2.52 bits per heavy atom. The number of imidazole rings is 1. The van der Waals surface area contributed by atoms with Gasteiger partial charge in [0.25, 0.3) is 0 Å². The summed E-state index contributed by atoms with van der Waals surface area (Å²) in [5.74, 6) is -0.924. The number of sulfonamides is 1. The minimum Gasteiger partial charge on any atom is -0.462 e. The number of rotatable bonds is 13. The van der Waals surface area contributed by atoms with Crippen LogP contribution in [-0.4, -0.2) is 82.8 Å². The summed E-state index contributed by atoms with van der Waals surface area (Å²) < 4.78 is 64.0. The largest absolute Gasteiger partial charge is 0.462 e. The minimum absolute atomic E-state index is 0.112. The smallest absolute Gasteiger partial charge is 0.459 e. The molecule has 0 radical (unpaired) electrons. The highest BCUT2D eigenvalue weighted by Crippen LogP contribution is 2.47. The summed E-state index contributed by atoms with van der Waals surface area (Å²) in [6.07, 6.45) is 0.442. The van der Waals surface area contributed by atoms with E-state index < -0.39 is 66.8 Å². The lowest BCUT2D eigenvalue weighted by Gasteiger charge is -2.25. The van der Waals surface area contributed by atoms with E-state index in [9.17, 15) is 22.9 Å². The average Bonchev–Trinajstić information content (AvgIpc) is 3.49. The Morgan fingerprint density at radius 1 is 1.23 bits per heavy atom. The summed E-state index contributed by atoms with van der Waals surface area (Å²) in [7, 11) is -7.89. The molecule has 1 aliphatic rings. The van der Waals surface area contributed by atoms with Gasteiger partial charge in [0.05, 0.1) is 31.4 Å². The van der Waals surface area contributed by atoms with Gasteiger partial charge in [-0.15, -0.1) is 0 Å². The van der Waals surface area contributed by atoms with Crippen LogP contribution in [0.3, 0.4) is 0 Å². The first-order chi connectivity index (χ1) is 20.6. The molecule has 1 aromatic carbocycles. The SMILES string of the molecule is CCN(c1ncnc2c1ncn2C1OC(COP(=O)(NC(C)C(=O)OC(C)C)Oc2ccc(Cl)cc2)[C@@H](O)C1C)S(C)(=O)=O. The van der Waals surface area contributed by atoms with Gasteiger partial charge in [-0.25, -0.2) is 27.9 Å². The van der Waals surface area contributed by atoms with Crippen LogP contribution >= 0.6 is 19.3 Å². The zero-order valence-corrected chi connectivity index (χ0v) is 27.5. The number of aliphatic hydroxyl groups is 1. The standard InChI is InChI=1S/C26H36ClN6O9PS/c1-7-33(44(6,37)38)24-21-23(28-13-29-24)32(14-30-21)25-16(4)22(34)20(41-25)12-39-43(36,31-17(5)26(35)40-15(2)3)42-19-10-8-18(27)9-11-19/h8-11,13-17,20,22,25,34H,7,12H2,1-6H3,(H,31,36)/t16?,17?,20?,22-,25?,43?/m0/s1. The number of ether oxygens (including phenoxy) is 2. The van der Waals surface area contributed by atoms with Crippen LogP contribution < -0.4 is 13.9 Å². The lowest BCUT2D eigenvalue weighted by atomic mass is 10.0. The number of hydrogen-bond acceptors (Lipinski definition) is 12. The van der Waals surface area contributed by atoms with Gasteiger partial charge in [0.1, 0.15) is 30.5 Å². The van der Waals surface area contributed by atoms with Gasteiger partial charge in [0.2, 0.25) is 10.0 Å². The van der Waals surface area contributed by atoms with Crippen molar-refractivity contribution >= 4 is 52.3 Å². The highest BCUT2D eigenvalue weighted by atomic mass is 35.5. The summed E-state index contributed by atoms with van der Waals surface area (Å²) in [4.78, 5) is 25.2. The van der Waals surface area contributed by atoms with E-state index in [1.165, 1.54) is 43.8 Å². The van der Waals surface area contributed by atoms with Gasteiger partial charge in [0, 0.05) is 17.5 Å². The van der Waals surface area contributed by atoms with Gasteiger partial charge < -0.3 is 19.1 Å². The van der Waals surface area contributed by atoms with Gasteiger partial charge in [-0.05, 0) is 52.0 Å². The summed E-state index contributed by atoms with van der Waals surface area (Å²) in [5, 5.41) is 14.1. The van der Waals surface area contributed by atoms with Crippen LogP contribution in [0.2, 0.25) is 5.02 Å². The van der Waals surface area contributed by atoms with Crippen LogP contribution in [0.15, 0.2) is 36.9 Å². The lowest BCUT2D eigenvalue weighted by molar-refractivity contribution is -0.149. The number of benzene rings is 1. The van der Waals surface area contributed by atoms with E-state index in [-0.39, 0.29) is 23.6 Å². The number of anilines is 1.